The van der Waals surface area contributed by atoms with Crippen LogP contribution in [-0.2, 0) is 12.8 Å². The van der Waals surface area contributed by atoms with Crippen LogP contribution in [-0.4, -0.2) is 26.2 Å². The summed E-state index contributed by atoms with van der Waals surface area (Å²) in [7, 11) is 2.15. The maximum absolute atomic E-state index is 11.8. The molecular formula is C17H21N3OS. The lowest BCUT2D eigenvalue weighted by Crippen LogP contribution is -2.30. The van der Waals surface area contributed by atoms with E-state index in [-0.39, 0.29) is 6.03 Å². The molecule has 116 valence electrons. The summed E-state index contributed by atoms with van der Waals surface area (Å²) in [6, 6.07) is 10.3. The number of urea groups is 1. The van der Waals surface area contributed by atoms with E-state index in [2.05, 4.69) is 40.8 Å². The second-order valence-corrected chi connectivity index (χ2v) is 6.54. The third-order valence-electron chi connectivity index (χ3n) is 3.95. The number of aryl methyl sites for hydroxylation is 1. The first kappa shape index (κ1) is 14.9. The van der Waals surface area contributed by atoms with Crippen molar-refractivity contribution in [3.8, 4) is 0 Å². The lowest BCUT2D eigenvalue weighted by molar-refractivity contribution is 0.252. The van der Waals surface area contributed by atoms with Gasteiger partial charge in [0.05, 0.1) is 5.00 Å². The number of carbonyl (C=O) groups excluding carboxylic acids is 1. The highest BCUT2D eigenvalue weighted by molar-refractivity contribution is 7.14. The highest BCUT2D eigenvalue weighted by Crippen LogP contribution is 2.26. The fraction of sp³-hybridized carbons (Fsp3) is 0.353. The Kier molecular flexibility index (Phi) is 4.63. The summed E-state index contributed by atoms with van der Waals surface area (Å²) in [6.45, 7) is 1.78. The van der Waals surface area contributed by atoms with Crippen LogP contribution in [0.15, 0.2) is 35.7 Å². The molecule has 1 aromatic carbocycles. The number of benzene rings is 1. The SMILES string of the molecule is CN1CCCc2cc(CCNC(=O)Nc3cccs3)ccc21. The molecule has 22 heavy (non-hydrogen) atoms. The zero-order valence-corrected chi connectivity index (χ0v) is 13.6. The average Bonchev–Trinajstić information content (AvgIpc) is 3.00. The number of fused-ring (bicyclic) bond motifs is 1. The Bertz CT molecular complexity index is 639. The second kappa shape index (κ2) is 6.83. The van der Waals surface area contributed by atoms with E-state index in [4.69, 9.17) is 0 Å². The lowest BCUT2D eigenvalue weighted by atomic mass is 9.98. The number of nitrogens with one attached hydrogen (secondary N) is 2. The normalized spacial score (nSPS) is 13.6. The molecule has 0 unspecified atom stereocenters. The van der Waals surface area contributed by atoms with Gasteiger partial charge in [-0.25, -0.2) is 4.79 Å². The molecule has 1 aromatic heterocycles. The first-order chi connectivity index (χ1) is 10.7. The average molecular weight is 315 g/mol. The van der Waals surface area contributed by atoms with E-state index in [1.165, 1.54) is 34.6 Å². The van der Waals surface area contributed by atoms with Crippen molar-refractivity contribution in [2.45, 2.75) is 19.3 Å². The molecule has 0 spiro atoms. The minimum atomic E-state index is -0.139. The second-order valence-electron chi connectivity index (χ2n) is 5.60. The largest absolute Gasteiger partial charge is 0.374 e. The number of hydrogen-bond acceptors (Lipinski definition) is 3. The Hall–Kier alpha value is -2.01. The Labute approximate surface area is 135 Å². The van der Waals surface area contributed by atoms with Crippen molar-refractivity contribution < 1.29 is 4.79 Å². The summed E-state index contributed by atoms with van der Waals surface area (Å²) >= 11 is 1.52. The highest BCUT2D eigenvalue weighted by atomic mass is 32.1. The molecule has 0 saturated carbocycles. The van der Waals surface area contributed by atoms with Gasteiger partial charge in [0.2, 0.25) is 0 Å². The Balaban J connectivity index is 1.50. The number of rotatable bonds is 4. The van der Waals surface area contributed by atoms with Crippen molar-refractivity contribution in [3.63, 3.8) is 0 Å². The fourth-order valence-electron chi connectivity index (χ4n) is 2.82. The first-order valence-electron chi connectivity index (χ1n) is 7.64. The molecule has 1 aliphatic heterocycles. The van der Waals surface area contributed by atoms with E-state index in [9.17, 15) is 4.79 Å². The number of hydrogen-bond donors (Lipinski definition) is 2. The van der Waals surface area contributed by atoms with Crippen molar-refractivity contribution in [3.05, 3.63) is 46.8 Å². The minimum absolute atomic E-state index is 0.139. The summed E-state index contributed by atoms with van der Waals surface area (Å²) in [6.07, 6.45) is 3.23. The molecular weight excluding hydrogens is 294 g/mol. The van der Waals surface area contributed by atoms with Crippen LogP contribution in [0.5, 0.6) is 0 Å². The number of amides is 2. The van der Waals surface area contributed by atoms with E-state index < -0.39 is 0 Å². The topological polar surface area (TPSA) is 44.4 Å². The van der Waals surface area contributed by atoms with Gasteiger partial charge in [-0.1, -0.05) is 12.1 Å². The van der Waals surface area contributed by atoms with E-state index >= 15 is 0 Å². The van der Waals surface area contributed by atoms with Crippen molar-refractivity contribution >= 4 is 28.1 Å². The quantitative estimate of drug-likeness (QED) is 0.907. The summed E-state index contributed by atoms with van der Waals surface area (Å²) in [5, 5.41) is 8.54. The molecule has 0 fully saturated rings. The monoisotopic (exact) mass is 315 g/mol. The van der Waals surface area contributed by atoms with Gasteiger partial charge >= 0.3 is 6.03 Å². The van der Waals surface area contributed by atoms with Gasteiger partial charge in [-0.2, -0.15) is 0 Å². The molecule has 0 bridgehead atoms. The van der Waals surface area contributed by atoms with E-state index in [0.717, 1.165) is 24.4 Å². The molecule has 0 radical (unpaired) electrons. The molecule has 0 atom stereocenters. The van der Waals surface area contributed by atoms with Crippen molar-refractivity contribution in [1.29, 1.82) is 0 Å². The molecule has 0 aliphatic carbocycles. The van der Waals surface area contributed by atoms with E-state index in [1.54, 1.807) is 0 Å². The van der Waals surface area contributed by atoms with Gasteiger partial charge in [0.25, 0.3) is 0 Å². The Morgan fingerprint density at radius 3 is 3.09 bits per heavy atom. The van der Waals surface area contributed by atoms with E-state index in [0.29, 0.717) is 6.54 Å². The predicted molar refractivity (Wildman–Crippen MR) is 93.1 cm³/mol. The van der Waals surface area contributed by atoms with Crippen LogP contribution >= 0.6 is 11.3 Å². The van der Waals surface area contributed by atoms with Crippen LogP contribution in [0.4, 0.5) is 15.5 Å². The van der Waals surface area contributed by atoms with Crippen LogP contribution in [0.25, 0.3) is 0 Å². The third kappa shape index (κ3) is 3.60. The van der Waals surface area contributed by atoms with Crippen LogP contribution in [0.2, 0.25) is 0 Å². The zero-order valence-electron chi connectivity index (χ0n) is 12.8. The number of carbonyl (C=O) groups is 1. The molecule has 2 amide bonds. The fourth-order valence-corrected chi connectivity index (χ4v) is 3.43. The minimum Gasteiger partial charge on any atom is -0.374 e. The summed E-state index contributed by atoms with van der Waals surface area (Å²) < 4.78 is 0. The molecule has 3 rings (SSSR count). The number of nitrogens with zero attached hydrogens (tertiary/aromatic N) is 1. The summed E-state index contributed by atoms with van der Waals surface area (Å²) in [5.74, 6) is 0. The molecule has 5 heteroatoms. The summed E-state index contributed by atoms with van der Waals surface area (Å²) in [4.78, 5) is 14.1. The smallest absolute Gasteiger partial charge is 0.319 e. The van der Waals surface area contributed by atoms with Gasteiger partial charge in [0.1, 0.15) is 0 Å². The molecule has 2 heterocycles. The maximum atomic E-state index is 11.8. The number of thiophene rings is 1. The third-order valence-corrected chi connectivity index (χ3v) is 4.74. The van der Waals surface area contributed by atoms with Gasteiger partial charge in [0, 0.05) is 25.8 Å². The van der Waals surface area contributed by atoms with E-state index in [1.807, 2.05) is 17.5 Å². The van der Waals surface area contributed by atoms with Gasteiger partial charge in [-0.05, 0) is 54.0 Å². The highest BCUT2D eigenvalue weighted by Gasteiger charge is 2.13. The first-order valence-corrected chi connectivity index (χ1v) is 8.51. The van der Waals surface area contributed by atoms with Crippen molar-refractivity contribution in [1.82, 2.24) is 5.32 Å². The van der Waals surface area contributed by atoms with Crippen LogP contribution in [0.1, 0.15) is 17.5 Å². The Morgan fingerprint density at radius 2 is 2.27 bits per heavy atom. The van der Waals surface area contributed by atoms with Crippen LogP contribution in [0.3, 0.4) is 0 Å². The standard InChI is InChI=1S/C17H21N3OS/c1-20-10-2-4-14-12-13(6-7-15(14)20)8-9-18-17(21)19-16-5-3-11-22-16/h3,5-7,11-12H,2,4,8-10H2,1H3,(H2,18,19,21). The Morgan fingerprint density at radius 1 is 1.36 bits per heavy atom. The molecule has 1 aliphatic rings. The predicted octanol–water partition coefficient (Wildman–Crippen LogP) is 3.49. The maximum Gasteiger partial charge on any atom is 0.319 e. The van der Waals surface area contributed by atoms with Gasteiger partial charge in [-0.15, -0.1) is 11.3 Å². The van der Waals surface area contributed by atoms with Crippen LogP contribution < -0.4 is 15.5 Å². The molecule has 2 N–H and O–H groups in total. The lowest BCUT2D eigenvalue weighted by Gasteiger charge is -2.27. The van der Waals surface area contributed by atoms with Crippen molar-refractivity contribution in [2.75, 3.05) is 30.4 Å². The molecule has 4 nitrogen and oxygen atoms in total. The van der Waals surface area contributed by atoms with Gasteiger partial charge in [0.15, 0.2) is 0 Å². The van der Waals surface area contributed by atoms with Gasteiger partial charge < -0.3 is 10.2 Å². The zero-order chi connectivity index (χ0) is 15.4. The molecule has 2 aromatic rings. The number of anilines is 2. The molecule has 0 saturated heterocycles. The summed E-state index contributed by atoms with van der Waals surface area (Å²) in [5.41, 5.74) is 4.05. The van der Waals surface area contributed by atoms with Crippen LogP contribution in [0, 0.1) is 0 Å². The van der Waals surface area contributed by atoms with Crippen molar-refractivity contribution in [2.24, 2.45) is 0 Å². The van der Waals surface area contributed by atoms with Gasteiger partial charge in [-0.3, -0.25) is 5.32 Å².